The molecule has 0 atom stereocenters. The number of benzene rings is 2. The minimum absolute atomic E-state index is 0.0348. The zero-order valence-electron chi connectivity index (χ0n) is 18.1. The SMILES string of the molecule is COc1ccc(C(=O)N2CCN(C(=O)c3cccc(OCc4csc(C)n4)c3)CC2)cc1. The zero-order valence-corrected chi connectivity index (χ0v) is 18.9. The van der Waals surface area contributed by atoms with E-state index in [0.29, 0.717) is 55.4 Å². The number of thiazole rings is 1. The number of amides is 2. The standard InChI is InChI=1S/C24H25N3O4S/c1-17-25-20(16-32-17)15-31-22-5-3-4-19(14-22)24(29)27-12-10-26(11-13-27)23(28)18-6-8-21(30-2)9-7-18/h3-9,14,16H,10-13,15H2,1-2H3. The first-order chi connectivity index (χ1) is 15.5. The number of hydrogen-bond acceptors (Lipinski definition) is 6. The van der Waals surface area contributed by atoms with Crippen LogP contribution in [0, 0.1) is 6.92 Å². The average Bonchev–Trinajstić information content (AvgIpc) is 3.27. The van der Waals surface area contributed by atoms with Gasteiger partial charge in [0.25, 0.3) is 11.8 Å². The van der Waals surface area contributed by atoms with Gasteiger partial charge in [0.2, 0.25) is 0 Å². The van der Waals surface area contributed by atoms with Gasteiger partial charge in [-0.3, -0.25) is 9.59 Å². The second-order valence-electron chi connectivity index (χ2n) is 7.49. The number of hydrogen-bond donors (Lipinski definition) is 0. The minimum Gasteiger partial charge on any atom is -0.497 e. The molecule has 3 aromatic rings. The highest BCUT2D eigenvalue weighted by Crippen LogP contribution is 2.19. The first kappa shape index (κ1) is 21.8. The molecule has 0 N–H and O–H groups in total. The second-order valence-corrected chi connectivity index (χ2v) is 8.55. The second kappa shape index (κ2) is 9.82. The topological polar surface area (TPSA) is 72.0 Å². The number of carbonyl (C=O) groups is 2. The molecule has 2 amide bonds. The third-order valence-corrected chi connectivity index (χ3v) is 6.15. The van der Waals surface area contributed by atoms with Gasteiger partial charge >= 0.3 is 0 Å². The molecular weight excluding hydrogens is 426 g/mol. The van der Waals surface area contributed by atoms with Crippen molar-refractivity contribution in [3.63, 3.8) is 0 Å². The monoisotopic (exact) mass is 451 g/mol. The number of methoxy groups -OCH3 is 1. The smallest absolute Gasteiger partial charge is 0.254 e. The number of aryl methyl sites for hydroxylation is 1. The first-order valence-electron chi connectivity index (χ1n) is 10.4. The maximum Gasteiger partial charge on any atom is 0.254 e. The Hall–Kier alpha value is -3.39. The summed E-state index contributed by atoms with van der Waals surface area (Å²) in [6.45, 7) is 4.30. The van der Waals surface area contributed by atoms with E-state index in [1.807, 2.05) is 24.4 Å². The molecule has 0 unspecified atom stereocenters. The molecule has 4 rings (SSSR count). The van der Waals surface area contributed by atoms with Crippen LogP contribution in [0.2, 0.25) is 0 Å². The van der Waals surface area contributed by atoms with Gasteiger partial charge in [-0.25, -0.2) is 4.98 Å². The molecule has 1 saturated heterocycles. The number of carbonyl (C=O) groups excluding carboxylic acids is 2. The van der Waals surface area contributed by atoms with E-state index in [9.17, 15) is 9.59 Å². The van der Waals surface area contributed by atoms with Crippen LogP contribution >= 0.6 is 11.3 Å². The molecule has 0 radical (unpaired) electrons. The van der Waals surface area contributed by atoms with Crippen LogP contribution in [0.25, 0.3) is 0 Å². The Balaban J connectivity index is 1.33. The summed E-state index contributed by atoms with van der Waals surface area (Å²) in [6, 6.07) is 14.3. The molecule has 1 aromatic heterocycles. The predicted molar refractivity (Wildman–Crippen MR) is 122 cm³/mol. The van der Waals surface area contributed by atoms with Gasteiger partial charge in [0.05, 0.1) is 17.8 Å². The Morgan fingerprint density at radius 3 is 2.19 bits per heavy atom. The van der Waals surface area contributed by atoms with E-state index < -0.39 is 0 Å². The Morgan fingerprint density at radius 2 is 1.59 bits per heavy atom. The Labute approximate surface area is 191 Å². The quantitative estimate of drug-likeness (QED) is 0.572. The van der Waals surface area contributed by atoms with E-state index in [2.05, 4.69) is 4.98 Å². The third-order valence-electron chi connectivity index (χ3n) is 5.33. The van der Waals surface area contributed by atoms with Gasteiger partial charge in [-0.2, -0.15) is 0 Å². The highest BCUT2D eigenvalue weighted by Gasteiger charge is 2.25. The molecule has 1 aliphatic rings. The van der Waals surface area contributed by atoms with Gasteiger partial charge in [-0.05, 0) is 49.4 Å². The number of nitrogens with zero attached hydrogens (tertiary/aromatic N) is 3. The zero-order chi connectivity index (χ0) is 22.5. The van der Waals surface area contributed by atoms with Gasteiger partial charge in [-0.15, -0.1) is 11.3 Å². The minimum atomic E-state index is -0.0588. The van der Waals surface area contributed by atoms with Crippen LogP contribution in [0.3, 0.4) is 0 Å². The van der Waals surface area contributed by atoms with Crippen LogP contribution in [0.5, 0.6) is 11.5 Å². The summed E-state index contributed by atoms with van der Waals surface area (Å²) >= 11 is 1.58. The fourth-order valence-corrected chi connectivity index (χ4v) is 4.16. The summed E-state index contributed by atoms with van der Waals surface area (Å²) in [5, 5.41) is 2.97. The van der Waals surface area contributed by atoms with Crippen LogP contribution in [0.4, 0.5) is 0 Å². The number of rotatable bonds is 6. The van der Waals surface area contributed by atoms with E-state index in [4.69, 9.17) is 9.47 Å². The van der Waals surface area contributed by atoms with E-state index >= 15 is 0 Å². The maximum atomic E-state index is 13.0. The normalized spacial score (nSPS) is 13.7. The number of aromatic nitrogens is 1. The van der Waals surface area contributed by atoms with Gasteiger partial charge in [0.15, 0.2) is 0 Å². The molecule has 2 heterocycles. The van der Waals surface area contributed by atoms with Crippen molar-refractivity contribution in [2.24, 2.45) is 0 Å². The molecule has 0 saturated carbocycles. The van der Waals surface area contributed by atoms with Gasteiger partial charge in [0.1, 0.15) is 18.1 Å². The molecule has 8 heteroatoms. The fraction of sp³-hybridized carbons (Fsp3) is 0.292. The van der Waals surface area contributed by atoms with Crippen molar-refractivity contribution < 1.29 is 19.1 Å². The van der Waals surface area contributed by atoms with Crippen LogP contribution in [0.1, 0.15) is 31.4 Å². The van der Waals surface area contributed by atoms with Crippen molar-refractivity contribution in [1.29, 1.82) is 0 Å². The van der Waals surface area contributed by atoms with E-state index in [-0.39, 0.29) is 11.8 Å². The molecule has 7 nitrogen and oxygen atoms in total. The summed E-state index contributed by atoms with van der Waals surface area (Å²) in [4.78, 5) is 33.7. The molecule has 1 aliphatic heterocycles. The van der Waals surface area contributed by atoms with Gasteiger partial charge in [0, 0.05) is 42.7 Å². The van der Waals surface area contributed by atoms with Crippen LogP contribution in [0.15, 0.2) is 53.9 Å². The van der Waals surface area contributed by atoms with Crippen molar-refractivity contribution in [1.82, 2.24) is 14.8 Å². The predicted octanol–water partition coefficient (Wildman–Crippen LogP) is 3.64. The lowest BCUT2D eigenvalue weighted by Crippen LogP contribution is -2.50. The molecule has 0 aliphatic carbocycles. The summed E-state index contributed by atoms with van der Waals surface area (Å²) in [6.07, 6.45) is 0. The summed E-state index contributed by atoms with van der Waals surface area (Å²) in [5.74, 6) is 1.25. The largest absolute Gasteiger partial charge is 0.497 e. The highest BCUT2D eigenvalue weighted by molar-refractivity contribution is 7.09. The fourth-order valence-electron chi connectivity index (χ4n) is 3.56. The summed E-state index contributed by atoms with van der Waals surface area (Å²) in [5.41, 5.74) is 2.07. The Kier molecular flexibility index (Phi) is 6.70. The summed E-state index contributed by atoms with van der Waals surface area (Å²) in [7, 11) is 1.59. The lowest BCUT2D eigenvalue weighted by atomic mass is 10.1. The molecular formula is C24H25N3O4S. The summed E-state index contributed by atoms with van der Waals surface area (Å²) < 4.78 is 11.0. The maximum absolute atomic E-state index is 13.0. The van der Waals surface area contributed by atoms with E-state index in [1.165, 1.54) is 0 Å². The van der Waals surface area contributed by atoms with Crippen LogP contribution in [-0.2, 0) is 6.61 Å². The van der Waals surface area contributed by atoms with E-state index in [0.717, 1.165) is 10.7 Å². The lowest BCUT2D eigenvalue weighted by Gasteiger charge is -2.35. The van der Waals surface area contributed by atoms with Crippen molar-refractivity contribution in [2.75, 3.05) is 33.3 Å². The molecule has 32 heavy (non-hydrogen) atoms. The number of piperazine rings is 1. The van der Waals surface area contributed by atoms with Crippen molar-refractivity contribution in [2.45, 2.75) is 13.5 Å². The first-order valence-corrected chi connectivity index (χ1v) is 11.3. The Morgan fingerprint density at radius 1 is 0.938 bits per heavy atom. The molecule has 0 bridgehead atoms. The van der Waals surface area contributed by atoms with Crippen molar-refractivity contribution in [3.8, 4) is 11.5 Å². The van der Waals surface area contributed by atoms with Crippen LogP contribution < -0.4 is 9.47 Å². The number of ether oxygens (including phenoxy) is 2. The molecule has 0 spiro atoms. The van der Waals surface area contributed by atoms with Gasteiger partial charge < -0.3 is 19.3 Å². The average molecular weight is 452 g/mol. The Bertz CT molecular complexity index is 1090. The molecule has 2 aromatic carbocycles. The highest BCUT2D eigenvalue weighted by atomic mass is 32.1. The third kappa shape index (κ3) is 5.08. The van der Waals surface area contributed by atoms with Crippen molar-refractivity contribution in [3.05, 3.63) is 75.7 Å². The van der Waals surface area contributed by atoms with Gasteiger partial charge in [-0.1, -0.05) is 6.07 Å². The van der Waals surface area contributed by atoms with Crippen LogP contribution in [-0.4, -0.2) is 59.9 Å². The van der Waals surface area contributed by atoms with E-state index in [1.54, 1.807) is 64.6 Å². The molecule has 166 valence electrons. The molecule has 1 fully saturated rings. The van der Waals surface area contributed by atoms with Crippen molar-refractivity contribution >= 4 is 23.2 Å². The lowest BCUT2D eigenvalue weighted by molar-refractivity contribution is 0.0535.